The van der Waals surface area contributed by atoms with Gasteiger partial charge in [-0.2, -0.15) is 0 Å². The number of rotatable bonds is 2. The first-order chi connectivity index (χ1) is 6.60. The van der Waals surface area contributed by atoms with E-state index < -0.39 is 11.6 Å². The van der Waals surface area contributed by atoms with E-state index in [9.17, 15) is 8.78 Å². The monoisotopic (exact) mass is 204 g/mol. The van der Waals surface area contributed by atoms with Crippen LogP contribution in [0.5, 0.6) is 0 Å². The standard InChI is InChI=1S/C7H6F2.C3H8O2/c1-5-2-6(8)4-7(9)3-5;4-2-1-3-5/h2-4H,1H3;4-5H,1-3H2. The average Bonchev–Trinajstić information content (AvgIpc) is 2.03. The highest BCUT2D eigenvalue weighted by Gasteiger charge is 1.93. The largest absolute Gasteiger partial charge is 0.396 e. The van der Waals surface area contributed by atoms with Crippen molar-refractivity contribution in [2.45, 2.75) is 13.3 Å². The second-order valence-corrected chi connectivity index (χ2v) is 2.75. The SMILES string of the molecule is Cc1cc(F)cc(F)c1.OCCCO. The molecule has 0 atom stereocenters. The highest BCUT2D eigenvalue weighted by molar-refractivity contribution is 5.15. The Balaban J connectivity index is 0.000000292. The molecule has 0 saturated carbocycles. The number of halogens is 2. The lowest BCUT2D eigenvalue weighted by Crippen LogP contribution is -1.85. The lowest BCUT2D eigenvalue weighted by molar-refractivity contribution is 0.221. The summed E-state index contributed by atoms with van der Waals surface area (Å²) in [4.78, 5) is 0. The van der Waals surface area contributed by atoms with Crippen LogP contribution in [0, 0.1) is 18.6 Å². The summed E-state index contributed by atoms with van der Waals surface area (Å²) in [7, 11) is 0. The Morgan fingerprint density at radius 1 is 1.00 bits per heavy atom. The van der Waals surface area contributed by atoms with Crippen LogP contribution in [0.4, 0.5) is 8.78 Å². The van der Waals surface area contributed by atoms with Crippen molar-refractivity contribution < 1.29 is 19.0 Å². The van der Waals surface area contributed by atoms with Gasteiger partial charge in [0.1, 0.15) is 11.6 Å². The molecule has 0 aliphatic carbocycles. The van der Waals surface area contributed by atoms with Crippen LogP contribution < -0.4 is 0 Å². The molecule has 1 aromatic rings. The molecule has 0 aliphatic rings. The third kappa shape index (κ3) is 6.51. The summed E-state index contributed by atoms with van der Waals surface area (Å²) in [6.07, 6.45) is 0.500. The van der Waals surface area contributed by atoms with Gasteiger partial charge in [0.05, 0.1) is 0 Å². The fourth-order valence-corrected chi connectivity index (χ4v) is 0.762. The molecule has 0 aromatic heterocycles. The van der Waals surface area contributed by atoms with Gasteiger partial charge in [0, 0.05) is 19.3 Å². The molecule has 0 heterocycles. The molecule has 0 unspecified atom stereocenters. The van der Waals surface area contributed by atoms with Gasteiger partial charge in [-0.05, 0) is 31.0 Å². The molecule has 0 spiro atoms. The Morgan fingerprint density at radius 2 is 1.43 bits per heavy atom. The minimum atomic E-state index is -0.521. The van der Waals surface area contributed by atoms with Crippen molar-refractivity contribution in [3.63, 3.8) is 0 Å². The molecule has 80 valence electrons. The second kappa shape index (κ2) is 7.41. The van der Waals surface area contributed by atoms with E-state index in [0.717, 1.165) is 6.07 Å². The lowest BCUT2D eigenvalue weighted by Gasteiger charge is -1.91. The minimum absolute atomic E-state index is 0.0938. The molecule has 1 rings (SSSR count). The molecule has 0 saturated heterocycles. The number of aliphatic hydroxyl groups excluding tert-OH is 2. The van der Waals surface area contributed by atoms with Gasteiger partial charge in [-0.1, -0.05) is 0 Å². The predicted molar refractivity (Wildman–Crippen MR) is 49.9 cm³/mol. The Kier molecular flexibility index (Phi) is 6.88. The van der Waals surface area contributed by atoms with E-state index in [-0.39, 0.29) is 13.2 Å². The van der Waals surface area contributed by atoms with Crippen LogP contribution in [0.1, 0.15) is 12.0 Å². The summed E-state index contributed by atoms with van der Waals surface area (Å²) in [5.41, 5.74) is 0.604. The maximum atomic E-state index is 12.2. The molecular weight excluding hydrogens is 190 g/mol. The van der Waals surface area contributed by atoms with E-state index in [1.807, 2.05) is 0 Å². The van der Waals surface area contributed by atoms with E-state index >= 15 is 0 Å². The Bertz CT molecular complexity index is 212. The van der Waals surface area contributed by atoms with Crippen LogP contribution in [-0.4, -0.2) is 23.4 Å². The van der Waals surface area contributed by atoms with E-state index in [1.54, 1.807) is 6.92 Å². The number of aliphatic hydroxyl groups is 2. The van der Waals surface area contributed by atoms with Crippen molar-refractivity contribution in [3.8, 4) is 0 Å². The van der Waals surface area contributed by atoms with Gasteiger partial charge in [-0.3, -0.25) is 0 Å². The van der Waals surface area contributed by atoms with Gasteiger partial charge in [0.15, 0.2) is 0 Å². The van der Waals surface area contributed by atoms with Gasteiger partial charge in [0.25, 0.3) is 0 Å². The summed E-state index contributed by atoms with van der Waals surface area (Å²) < 4.78 is 24.4. The summed E-state index contributed by atoms with van der Waals surface area (Å²) >= 11 is 0. The predicted octanol–water partition coefficient (Wildman–Crippen LogP) is 1.63. The molecule has 0 aliphatic heterocycles. The van der Waals surface area contributed by atoms with E-state index in [0.29, 0.717) is 12.0 Å². The third-order valence-corrected chi connectivity index (χ3v) is 1.32. The lowest BCUT2D eigenvalue weighted by atomic mass is 10.2. The normalized spacial score (nSPS) is 9.21. The van der Waals surface area contributed by atoms with Crippen LogP contribution in [0.25, 0.3) is 0 Å². The van der Waals surface area contributed by atoms with Gasteiger partial charge >= 0.3 is 0 Å². The zero-order valence-electron chi connectivity index (χ0n) is 8.00. The van der Waals surface area contributed by atoms with Crippen LogP contribution in [0.15, 0.2) is 18.2 Å². The molecule has 0 radical (unpaired) electrons. The zero-order valence-corrected chi connectivity index (χ0v) is 8.00. The topological polar surface area (TPSA) is 40.5 Å². The molecule has 0 amide bonds. The smallest absolute Gasteiger partial charge is 0.126 e. The first-order valence-corrected chi connectivity index (χ1v) is 4.24. The molecule has 14 heavy (non-hydrogen) atoms. The van der Waals surface area contributed by atoms with Crippen LogP contribution in [-0.2, 0) is 0 Å². The molecule has 2 nitrogen and oxygen atoms in total. The summed E-state index contributed by atoms with van der Waals surface area (Å²) in [6, 6.07) is 3.42. The maximum Gasteiger partial charge on any atom is 0.126 e. The summed E-state index contributed by atoms with van der Waals surface area (Å²) in [5.74, 6) is -1.04. The zero-order chi connectivity index (χ0) is 11.0. The van der Waals surface area contributed by atoms with Crippen molar-refractivity contribution in [2.24, 2.45) is 0 Å². The number of aryl methyl sites for hydroxylation is 1. The molecule has 4 heteroatoms. The molecule has 0 bridgehead atoms. The fraction of sp³-hybridized carbons (Fsp3) is 0.400. The third-order valence-electron chi connectivity index (χ3n) is 1.32. The van der Waals surface area contributed by atoms with Crippen molar-refractivity contribution in [3.05, 3.63) is 35.4 Å². The van der Waals surface area contributed by atoms with E-state index in [2.05, 4.69) is 0 Å². The average molecular weight is 204 g/mol. The minimum Gasteiger partial charge on any atom is -0.396 e. The Hall–Kier alpha value is -1.00. The van der Waals surface area contributed by atoms with Crippen LogP contribution in [0.2, 0.25) is 0 Å². The summed E-state index contributed by atoms with van der Waals surface area (Å²) in [5, 5.41) is 15.8. The Morgan fingerprint density at radius 3 is 1.64 bits per heavy atom. The molecule has 0 fully saturated rings. The number of benzene rings is 1. The van der Waals surface area contributed by atoms with E-state index in [1.165, 1.54) is 12.1 Å². The van der Waals surface area contributed by atoms with Crippen molar-refractivity contribution in [1.29, 1.82) is 0 Å². The highest BCUT2D eigenvalue weighted by Crippen LogP contribution is 2.05. The van der Waals surface area contributed by atoms with Gasteiger partial charge in [-0.25, -0.2) is 8.78 Å². The van der Waals surface area contributed by atoms with Crippen molar-refractivity contribution in [1.82, 2.24) is 0 Å². The highest BCUT2D eigenvalue weighted by atomic mass is 19.1. The van der Waals surface area contributed by atoms with Crippen molar-refractivity contribution in [2.75, 3.05) is 13.2 Å². The van der Waals surface area contributed by atoms with Crippen LogP contribution >= 0.6 is 0 Å². The fourth-order valence-electron chi connectivity index (χ4n) is 0.762. The Labute approximate surface area is 81.8 Å². The van der Waals surface area contributed by atoms with Crippen molar-refractivity contribution >= 4 is 0 Å². The van der Waals surface area contributed by atoms with Crippen LogP contribution in [0.3, 0.4) is 0 Å². The first kappa shape index (κ1) is 13.0. The van der Waals surface area contributed by atoms with E-state index in [4.69, 9.17) is 10.2 Å². The number of hydrogen-bond acceptors (Lipinski definition) is 2. The van der Waals surface area contributed by atoms with Gasteiger partial charge < -0.3 is 10.2 Å². The quantitative estimate of drug-likeness (QED) is 0.768. The van der Waals surface area contributed by atoms with Gasteiger partial charge in [0.2, 0.25) is 0 Å². The van der Waals surface area contributed by atoms with Gasteiger partial charge in [-0.15, -0.1) is 0 Å². The summed E-state index contributed by atoms with van der Waals surface area (Å²) in [6.45, 7) is 1.83. The molecular formula is C10H14F2O2. The molecule has 1 aromatic carbocycles. The second-order valence-electron chi connectivity index (χ2n) is 2.75. The molecule has 2 N–H and O–H groups in total. The first-order valence-electron chi connectivity index (χ1n) is 4.24. The maximum absolute atomic E-state index is 12.2. The number of hydrogen-bond donors (Lipinski definition) is 2.